The smallest absolute Gasteiger partial charge is 0.324 e. The molecule has 1 heterocycles. The Morgan fingerprint density at radius 3 is 2.57 bits per heavy atom. The van der Waals surface area contributed by atoms with Gasteiger partial charge in [0.15, 0.2) is 5.25 Å². The molecule has 0 amide bonds. The van der Waals surface area contributed by atoms with Crippen molar-refractivity contribution in [2.24, 2.45) is 4.99 Å². The number of aryl methyl sites for hydroxylation is 1. The van der Waals surface area contributed by atoms with Gasteiger partial charge in [-0.15, -0.1) is 0 Å². The van der Waals surface area contributed by atoms with Crippen LogP contribution >= 0.6 is 0 Å². The van der Waals surface area contributed by atoms with Gasteiger partial charge in [-0.3, -0.25) is 14.3 Å². The van der Waals surface area contributed by atoms with Crippen molar-refractivity contribution in [1.82, 2.24) is 0 Å². The van der Waals surface area contributed by atoms with Crippen LogP contribution in [-0.4, -0.2) is 35.0 Å². The fourth-order valence-electron chi connectivity index (χ4n) is 2.74. The van der Waals surface area contributed by atoms with Crippen LogP contribution in [0.25, 0.3) is 0 Å². The third kappa shape index (κ3) is 3.61. The van der Waals surface area contributed by atoms with Gasteiger partial charge in [-0.1, -0.05) is 26.0 Å². The lowest BCUT2D eigenvalue weighted by Crippen LogP contribution is -2.29. The van der Waals surface area contributed by atoms with Crippen molar-refractivity contribution in [3.05, 3.63) is 29.3 Å². The number of hydrogen-bond donors (Lipinski definition) is 2. The molecule has 0 spiro atoms. The molecule has 0 radical (unpaired) electrons. The molecular weight excluding hydrogens is 318 g/mol. The van der Waals surface area contributed by atoms with E-state index in [9.17, 15) is 13.2 Å². The molecular formula is C16H21NO5S. The summed E-state index contributed by atoms with van der Waals surface area (Å²) in [6.45, 7) is 6.18. The molecule has 1 unspecified atom stereocenters. The van der Waals surface area contributed by atoms with Gasteiger partial charge >= 0.3 is 5.97 Å². The zero-order valence-electron chi connectivity index (χ0n) is 13.4. The van der Waals surface area contributed by atoms with Crippen LogP contribution in [0.15, 0.2) is 23.2 Å². The molecule has 0 aromatic heterocycles. The Bertz CT molecular complexity index is 765. The van der Waals surface area contributed by atoms with Crippen molar-refractivity contribution in [2.75, 3.05) is 0 Å². The highest BCUT2D eigenvalue weighted by atomic mass is 32.2. The molecule has 126 valence electrons. The Balaban J connectivity index is 2.07. The largest absolute Gasteiger partial charge is 0.480 e. The number of aliphatic carboxylic acids is 1. The molecule has 2 rings (SSSR count). The van der Waals surface area contributed by atoms with Crippen LogP contribution in [0.4, 0.5) is 5.69 Å². The Morgan fingerprint density at radius 1 is 1.35 bits per heavy atom. The molecule has 0 bridgehead atoms. The van der Waals surface area contributed by atoms with E-state index in [1.165, 1.54) is 0 Å². The van der Waals surface area contributed by atoms with E-state index in [1.807, 2.05) is 25.1 Å². The molecule has 1 aliphatic heterocycles. The van der Waals surface area contributed by atoms with Gasteiger partial charge in [0.25, 0.3) is 10.1 Å². The van der Waals surface area contributed by atoms with Crippen molar-refractivity contribution >= 4 is 27.5 Å². The van der Waals surface area contributed by atoms with Crippen LogP contribution in [0.2, 0.25) is 0 Å². The van der Waals surface area contributed by atoms with Gasteiger partial charge in [-0.2, -0.15) is 8.42 Å². The summed E-state index contributed by atoms with van der Waals surface area (Å²) >= 11 is 0. The van der Waals surface area contributed by atoms with Crippen LogP contribution in [0.1, 0.15) is 44.7 Å². The first-order chi connectivity index (χ1) is 10.5. The Hall–Kier alpha value is -1.73. The Labute approximate surface area is 136 Å². The monoisotopic (exact) mass is 339 g/mol. The third-order valence-corrected chi connectivity index (χ3v) is 5.65. The molecule has 2 N–H and O–H groups in total. The summed E-state index contributed by atoms with van der Waals surface area (Å²) in [6.07, 6.45) is 0.779. The number of carbonyl (C=O) groups is 1. The first-order valence-electron chi connectivity index (χ1n) is 7.42. The third-order valence-electron chi connectivity index (χ3n) is 4.49. The molecule has 23 heavy (non-hydrogen) atoms. The van der Waals surface area contributed by atoms with Crippen molar-refractivity contribution in [3.63, 3.8) is 0 Å². The van der Waals surface area contributed by atoms with Crippen molar-refractivity contribution in [2.45, 2.75) is 50.7 Å². The summed E-state index contributed by atoms with van der Waals surface area (Å²) in [5.74, 6) is -1.52. The number of fused-ring (bicyclic) bond motifs is 1. The molecule has 1 aromatic carbocycles. The van der Waals surface area contributed by atoms with Gasteiger partial charge in [0.05, 0.1) is 5.69 Å². The predicted molar refractivity (Wildman–Crippen MR) is 88.1 cm³/mol. The molecule has 0 fully saturated rings. The normalized spacial score (nSPS) is 17.5. The lowest BCUT2D eigenvalue weighted by molar-refractivity contribution is -0.136. The summed E-state index contributed by atoms with van der Waals surface area (Å²) in [7, 11) is -4.57. The number of benzene rings is 1. The van der Waals surface area contributed by atoms with Crippen LogP contribution in [0.5, 0.6) is 0 Å². The Kier molecular flexibility index (Phi) is 4.64. The summed E-state index contributed by atoms with van der Waals surface area (Å²) in [5.41, 5.74) is 3.97. The molecule has 7 heteroatoms. The minimum absolute atomic E-state index is 0.121. The van der Waals surface area contributed by atoms with Crippen LogP contribution in [0.3, 0.4) is 0 Å². The van der Waals surface area contributed by atoms with Gasteiger partial charge in [0, 0.05) is 11.1 Å². The fraction of sp³-hybridized carbons (Fsp3) is 0.500. The minimum Gasteiger partial charge on any atom is -0.480 e. The van der Waals surface area contributed by atoms with Crippen molar-refractivity contribution in [1.29, 1.82) is 0 Å². The van der Waals surface area contributed by atoms with Crippen LogP contribution in [0, 0.1) is 0 Å². The van der Waals surface area contributed by atoms with E-state index in [1.54, 1.807) is 0 Å². The van der Waals surface area contributed by atoms with Crippen molar-refractivity contribution in [3.8, 4) is 0 Å². The van der Waals surface area contributed by atoms with E-state index in [4.69, 9.17) is 9.66 Å². The average molecular weight is 339 g/mol. The fourth-order valence-corrected chi connectivity index (χ4v) is 3.46. The number of aliphatic imine (C=N–C) groups is 1. The highest BCUT2D eigenvalue weighted by Gasteiger charge is 2.32. The van der Waals surface area contributed by atoms with E-state index >= 15 is 0 Å². The predicted octanol–water partition coefficient (Wildman–Crippen LogP) is 2.73. The number of carboxylic acid groups (broad SMARTS) is 1. The zero-order chi connectivity index (χ0) is 17.4. The first-order valence-corrected chi connectivity index (χ1v) is 8.92. The average Bonchev–Trinajstić information content (AvgIpc) is 2.64. The van der Waals surface area contributed by atoms with Gasteiger partial charge in [-0.25, -0.2) is 0 Å². The highest BCUT2D eigenvalue weighted by molar-refractivity contribution is 7.87. The Morgan fingerprint density at radius 2 is 2.00 bits per heavy atom. The van der Waals surface area contributed by atoms with Crippen LogP contribution < -0.4 is 0 Å². The number of rotatable bonds is 6. The topological polar surface area (TPSA) is 104 Å². The summed E-state index contributed by atoms with van der Waals surface area (Å²) in [6, 6.07) is 5.89. The number of hydrogen-bond acceptors (Lipinski definition) is 4. The maximum atomic E-state index is 11.0. The standard InChI is InChI=1S/C16H21NO5S/c1-10-16(2,3)12-9-11(7-8-13(12)17-10)5-4-6-14(15(18)19)23(20,21)22/h7-9,14H,4-6H2,1-3H3,(H,18,19)(H,20,21,22). The molecule has 1 aromatic rings. The van der Waals surface area contributed by atoms with Gasteiger partial charge < -0.3 is 5.11 Å². The van der Waals surface area contributed by atoms with Gasteiger partial charge in [0.2, 0.25) is 0 Å². The quantitative estimate of drug-likeness (QED) is 0.776. The van der Waals surface area contributed by atoms with Gasteiger partial charge in [0.1, 0.15) is 0 Å². The lowest BCUT2D eigenvalue weighted by atomic mass is 9.81. The van der Waals surface area contributed by atoms with Crippen molar-refractivity contribution < 1.29 is 22.9 Å². The van der Waals surface area contributed by atoms with Crippen LogP contribution in [-0.2, 0) is 26.7 Å². The molecule has 0 saturated heterocycles. The lowest BCUT2D eigenvalue weighted by Gasteiger charge is -2.20. The second-order valence-electron chi connectivity index (χ2n) is 6.41. The molecule has 0 saturated carbocycles. The number of carboxylic acids is 1. The second-order valence-corrected chi connectivity index (χ2v) is 8.01. The number of nitrogens with zero attached hydrogens (tertiary/aromatic N) is 1. The summed E-state index contributed by atoms with van der Waals surface area (Å²) in [5, 5.41) is 7.11. The maximum absolute atomic E-state index is 11.0. The van der Waals surface area contributed by atoms with E-state index in [0.29, 0.717) is 12.8 Å². The van der Waals surface area contributed by atoms with Gasteiger partial charge in [-0.05, 0) is 43.4 Å². The van der Waals surface area contributed by atoms with E-state index in [0.717, 1.165) is 22.5 Å². The second kappa shape index (κ2) is 6.05. The summed E-state index contributed by atoms with van der Waals surface area (Å²) in [4.78, 5) is 15.4. The highest BCUT2D eigenvalue weighted by Crippen LogP contribution is 2.40. The molecule has 1 aliphatic rings. The minimum atomic E-state index is -4.57. The molecule has 0 aliphatic carbocycles. The maximum Gasteiger partial charge on any atom is 0.324 e. The van der Waals surface area contributed by atoms with E-state index in [-0.39, 0.29) is 11.8 Å². The molecule has 6 nitrogen and oxygen atoms in total. The van der Waals surface area contributed by atoms with E-state index in [2.05, 4.69) is 18.8 Å². The summed E-state index contributed by atoms with van der Waals surface area (Å²) < 4.78 is 31.0. The van der Waals surface area contributed by atoms with E-state index < -0.39 is 21.3 Å². The first kappa shape index (κ1) is 17.6. The molecule has 1 atom stereocenters. The zero-order valence-corrected chi connectivity index (χ0v) is 14.2. The SMILES string of the molecule is CC1=Nc2ccc(CCCC(C(=O)O)S(=O)(=O)O)cc2C1(C)C.